The van der Waals surface area contributed by atoms with E-state index in [0.717, 1.165) is 22.3 Å². The zero-order valence-electron chi connectivity index (χ0n) is 12.6. The molecule has 0 amide bonds. The Morgan fingerprint density at radius 2 is 1.86 bits per heavy atom. The summed E-state index contributed by atoms with van der Waals surface area (Å²) >= 11 is 0. The first-order valence-corrected chi connectivity index (χ1v) is 7.15. The molecule has 1 aromatic heterocycles. The van der Waals surface area contributed by atoms with Crippen molar-refractivity contribution in [2.75, 3.05) is 13.7 Å². The van der Waals surface area contributed by atoms with Gasteiger partial charge in [0, 0.05) is 10.9 Å². The van der Waals surface area contributed by atoms with Crippen LogP contribution in [0.2, 0.25) is 0 Å². The quantitative estimate of drug-likeness (QED) is 0.522. The molecule has 0 aliphatic carbocycles. The molecular formula is C18H17NO3. The van der Waals surface area contributed by atoms with Gasteiger partial charge in [0.05, 0.1) is 7.11 Å². The number of nitrogens with zero attached hydrogens (tertiary/aromatic N) is 1. The van der Waals surface area contributed by atoms with E-state index in [1.54, 1.807) is 7.11 Å². The third kappa shape index (κ3) is 2.81. The fourth-order valence-corrected chi connectivity index (χ4v) is 2.22. The van der Waals surface area contributed by atoms with Crippen LogP contribution in [0.4, 0.5) is 0 Å². The number of methoxy groups -OCH3 is 1. The number of oxime groups is 1. The Morgan fingerprint density at radius 3 is 2.55 bits per heavy atom. The van der Waals surface area contributed by atoms with Gasteiger partial charge in [-0.3, -0.25) is 0 Å². The maximum absolute atomic E-state index is 5.90. The minimum atomic E-state index is 0.500. The van der Waals surface area contributed by atoms with Gasteiger partial charge in [0.25, 0.3) is 0 Å². The summed E-state index contributed by atoms with van der Waals surface area (Å²) in [4.78, 5) is 5.25. The molecule has 0 unspecified atom stereocenters. The third-order valence-electron chi connectivity index (χ3n) is 3.31. The van der Waals surface area contributed by atoms with Crippen molar-refractivity contribution in [1.29, 1.82) is 0 Å². The van der Waals surface area contributed by atoms with Gasteiger partial charge in [0.2, 0.25) is 0 Å². The highest BCUT2D eigenvalue weighted by Gasteiger charge is 2.14. The van der Waals surface area contributed by atoms with Crippen molar-refractivity contribution >= 4 is 16.7 Å². The molecule has 3 rings (SSSR count). The maximum Gasteiger partial charge on any atom is 0.157 e. The Hall–Kier alpha value is -2.75. The van der Waals surface area contributed by atoms with Gasteiger partial charge in [-0.1, -0.05) is 23.4 Å². The second-order valence-corrected chi connectivity index (χ2v) is 4.73. The van der Waals surface area contributed by atoms with Crippen LogP contribution in [0, 0.1) is 0 Å². The summed E-state index contributed by atoms with van der Waals surface area (Å²) in [5.74, 6) is 1.48. The molecule has 3 aromatic rings. The van der Waals surface area contributed by atoms with E-state index in [0.29, 0.717) is 18.1 Å². The predicted molar refractivity (Wildman–Crippen MR) is 86.5 cm³/mol. The van der Waals surface area contributed by atoms with Crippen LogP contribution in [0.15, 0.2) is 64.2 Å². The van der Waals surface area contributed by atoms with E-state index in [4.69, 9.17) is 14.0 Å². The fourth-order valence-electron chi connectivity index (χ4n) is 2.22. The van der Waals surface area contributed by atoms with Crippen LogP contribution in [-0.4, -0.2) is 19.4 Å². The molecule has 0 radical (unpaired) electrons. The number of fused-ring (bicyclic) bond motifs is 1. The average Bonchev–Trinajstić information content (AvgIpc) is 2.99. The van der Waals surface area contributed by atoms with Crippen molar-refractivity contribution in [2.45, 2.75) is 6.92 Å². The zero-order chi connectivity index (χ0) is 15.4. The minimum absolute atomic E-state index is 0.500. The van der Waals surface area contributed by atoms with Crippen molar-refractivity contribution in [2.24, 2.45) is 5.16 Å². The summed E-state index contributed by atoms with van der Waals surface area (Å²) in [5, 5.41) is 5.25. The second kappa shape index (κ2) is 6.35. The summed E-state index contributed by atoms with van der Waals surface area (Å²) in [6.45, 7) is 2.40. The van der Waals surface area contributed by atoms with E-state index in [9.17, 15) is 0 Å². The smallest absolute Gasteiger partial charge is 0.157 e. The van der Waals surface area contributed by atoms with E-state index in [-0.39, 0.29) is 0 Å². The lowest BCUT2D eigenvalue weighted by Gasteiger charge is -2.05. The van der Waals surface area contributed by atoms with Crippen LogP contribution in [0.3, 0.4) is 0 Å². The molecule has 2 aromatic carbocycles. The molecule has 0 aliphatic heterocycles. The van der Waals surface area contributed by atoms with Crippen molar-refractivity contribution in [1.82, 2.24) is 0 Å². The second-order valence-electron chi connectivity index (χ2n) is 4.73. The summed E-state index contributed by atoms with van der Waals surface area (Å²) < 4.78 is 11.1. The van der Waals surface area contributed by atoms with Crippen LogP contribution >= 0.6 is 0 Å². The Bertz CT molecular complexity index is 754. The van der Waals surface area contributed by atoms with Crippen LogP contribution in [-0.2, 0) is 4.84 Å². The first-order chi connectivity index (χ1) is 10.8. The largest absolute Gasteiger partial charge is 0.497 e. The Balaban J connectivity index is 2.05. The summed E-state index contributed by atoms with van der Waals surface area (Å²) in [6.07, 6.45) is 0. The summed E-state index contributed by atoms with van der Waals surface area (Å²) in [6, 6.07) is 17.5. The van der Waals surface area contributed by atoms with Crippen molar-refractivity contribution in [3.8, 4) is 5.75 Å². The van der Waals surface area contributed by atoms with Gasteiger partial charge in [0.1, 0.15) is 17.9 Å². The first-order valence-electron chi connectivity index (χ1n) is 7.15. The average molecular weight is 295 g/mol. The molecule has 0 fully saturated rings. The van der Waals surface area contributed by atoms with Gasteiger partial charge in [-0.15, -0.1) is 0 Å². The molecule has 22 heavy (non-hydrogen) atoms. The molecule has 112 valence electrons. The monoisotopic (exact) mass is 295 g/mol. The lowest BCUT2D eigenvalue weighted by molar-refractivity contribution is 0.159. The number of benzene rings is 2. The van der Waals surface area contributed by atoms with Crippen LogP contribution in [0.5, 0.6) is 5.75 Å². The zero-order valence-corrected chi connectivity index (χ0v) is 12.6. The molecule has 0 aliphatic rings. The lowest BCUT2D eigenvalue weighted by Crippen LogP contribution is -2.03. The van der Waals surface area contributed by atoms with Crippen molar-refractivity contribution in [3.05, 3.63) is 65.9 Å². The number of para-hydroxylation sites is 1. The molecule has 0 atom stereocenters. The van der Waals surface area contributed by atoms with E-state index >= 15 is 0 Å². The first kappa shape index (κ1) is 14.2. The van der Waals surface area contributed by atoms with Crippen molar-refractivity contribution < 1.29 is 14.0 Å². The lowest BCUT2D eigenvalue weighted by atomic mass is 10.1. The molecule has 1 heterocycles. The summed E-state index contributed by atoms with van der Waals surface area (Å²) in [5.41, 5.74) is 2.41. The van der Waals surface area contributed by atoms with Gasteiger partial charge in [0.15, 0.2) is 11.5 Å². The molecule has 0 spiro atoms. The molecule has 0 bridgehead atoms. The van der Waals surface area contributed by atoms with E-state index in [2.05, 4.69) is 5.16 Å². The Kier molecular flexibility index (Phi) is 4.10. The highest BCUT2D eigenvalue weighted by atomic mass is 16.6. The van der Waals surface area contributed by atoms with Crippen LogP contribution < -0.4 is 4.74 Å². The molecule has 0 N–H and O–H groups in total. The highest BCUT2D eigenvalue weighted by molar-refractivity contribution is 6.12. The van der Waals surface area contributed by atoms with Gasteiger partial charge in [-0.25, -0.2) is 0 Å². The van der Waals surface area contributed by atoms with Gasteiger partial charge < -0.3 is 14.0 Å². The van der Waals surface area contributed by atoms with E-state index < -0.39 is 0 Å². The van der Waals surface area contributed by atoms with Crippen molar-refractivity contribution in [3.63, 3.8) is 0 Å². The number of rotatable bonds is 5. The van der Waals surface area contributed by atoms with Gasteiger partial charge >= 0.3 is 0 Å². The number of hydrogen-bond donors (Lipinski definition) is 0. The highest BCUT2D eigenvalue weighted by Crippen LogP contribution is 2.23. The molecule has 0 saturated carbocycles. The van der Waals surface area contributed by atoms with E-state index in [1.807, 2.05) is 61.5 Å². The Morgan fingerprint density at radius 1 is 1.09 bits per heavy atom. The normalized spacial score (nSPS) is 11.6. The molecule has 0 saturated heterocycles. The Labute approximate surface area is 129 Å². The van der Waals surface area contributed by atoms with Gasteiger partial charge in [-0.2, -0.15) is 0 Å². The predicted octanol–water partition coefficient (Wildman–Crippen LogP) is 4.23. The standard InChI is InChI=1S/C18H17NO3/c1-3-21-19-18(13-8-10-15(20-2)11-9-13)17-12-14-6-4-5-7-16(14)22-17/h4-12H,3H2,1-2H3/b19-18+. The number of furan rings is 1. The van der Waals surface area contributed by atoms with Gasteiger partial charge in [-0.05, 0) is 43.3 Å². The fraction of sp³-hybridized carbons (Fsp3) is 0.167. The topological polar surface area (TPSA) is 44.0 Å². The van der Waals surface area contributed by atoms with Crippen LogP contribution in [0.1, 0.15) is 18.2 Å². The molecular weight excluding hydrogens is 278 g/mol. The molecule has 4 heteroatoms. The van der Waals surface area contributed by atoms with E-state index in [1.165, 1.54) is 0 Å². The number of ether oxygens (including phenoxy) is 1. The maximum atomic E-state index is 5.90. The minimum Gasteiger partial charge on any atom is -0.497 e. The SMILES string of the molecule is CCO/N=C(\c1ccc(OC)cc1)c1cc2ccccc2o1. The third-order valence-corrected chi connectivity index (χ3v) is 3.31. The summed E-state index contributed by atoms with van der Waals surface area (Å²) in [7, 11) is 1.64. The van der Waals surface area contributed by atoms with Crippen LogP contribution in [0.25, 0.3) is 11.0 Å². The number of hydrogen-bond acceptors (Lipinski definition) is 4. The molecule has 4 nitrogen and oxygen atoms in total.